The summed E-state index contributed by atoms with van der Waals surface area (Å²) in [5.74, 6) is -0.203. The van der Waals surface area contributed by atoms with Gasteiger partial charge in [0, 0.05) is 23.2 Å². The van der Waals surface area contributed by atoms with Crippen LogP contribution in [0.2, 0.25) is 0 Å². The molecule has 0 saturated carbocycles. The van der Waals surface area contributed by atoms with Gasteiger partial charge in [0.1, 0.15) is 5.82 Å². The molecule has 1 aliphatic rings. The van der Waals surface area contributed by atoms with Crippen molar-refractivity contribution in [2.75, 3.05) is 4.90 Å². The summed E-state index contributed by atoms with van der Waals surface area (Å²) in [6.45, 7) is 1.77. The van der Waals surface area contributed by atoms with Gasteiger partial charge in [-0.25, -0.2) is 9.88 Å². The molecule has 0 unspecified atom stereocenters. The number of imide groups is 1. The SMILES string of the molecule is CC1=CC(=O)N(c2ccc(Br)cn2)C(=O)C1. The molecule has 0 aliphatic carbocycles. The first-order valence-corrected chi connectivity index (χ1v) is 5.53. The fraction of sp³-hybridized carbons (Fsp3) is 0.182. The molecule has 1 aliphatic heterocycles. The van der Waals surface area contributed by atoms with E-state index in [-0.39, 0.29) is 18.2 Å². The Morgan fingerprint density at radius 1 is 1.38 bits per heavy atom. The van der Waals surface area contributed by atoms with Gasteiger partial charge in [-0.15, -0.1) is 0 Å². The number of halogens is 1. The van der Waals surface area contributed by atoms with Gasteiger partial charge in [0.2, 0.25) is 5.91 Å². The molecule has 16 heavy (non-hydrogen) atoms. The summed E-state index contributed by atoms with van der Waals surface area (Å²) in [7, 11) is 0. The minimum atomic E-state index is -0.330. The molecule has 0 saturated heterocycles. The van der Waals surface area contributed by atoms with E-state index >= 15 is 0 Å². The Balaban J connectivity index is 2.37. The number of anilines is 1. The monoisotopic (exact) mass is 280 g/mol. The van der Waals surface area contributed by atoms with Crippen LogP contribution in [0.4, 0.5) is 5.82 Å². The molecule has 0 spiro atoms. The smallest absolute Gasteiger partial charge is 0.258 e. The third kappa shape index (κ3) is 2.04. The lowest BCUT2D eigenvalue weighted by Gasteiger charge is -2.22. The normalized spacial score (nSPS) is 16.4. The zero-order valence-corrected chi connectivity index (χ0v) is 10.2. The lowest BCUT2D eigenvalue weighted by Crippen LogP contribution is -2.39. The van der Waals surface area contributed by atoms with Crippen molar-refractivity contribution in [2.45, 2.75) is 13.3 Å². The minimum Gasteiger partial charge on any atom is -0.274 e. The van der Waals surface area contributed by atoms with Crippen LogP contribution in [0.1, 0.15) is 13.3 Å². The first-order chi connectivity index (χ1) is 7.58. The minimum absolute atomic E-state index is 0.236. The average molecular weight is 281 g/mol. The molecule has 2 amide bonds. The van der Waals surface area contributed by atoms with Crippen LogP contribution in [-0.2, 0) is 9.59 Å². The molecule has 0 radical (unpaired) electrons. The lowest BCUT2D eigenvalue weighted by atomic mass is 10.1. The highest BCUT2D eigenvalue weighted by atomic mass is 79.9. The van der Waals surface area contributed by atoms with Crippen molar-refractivity contribution in [1.29, 1.82) is 0 Å². The fourth-order valence-electron chi connectivity index (χ4n) is 1.51. The van der Waals surface area contributed by atoms with Crippen molar-refractivity contribution in [3.63, 3.8) is 0 Å². The zero-order valence-electron chi connectivity index (χ0n) is 8.61. The molecule has 1 aromatic rings. The standard InChI is InChI=1S/C11H9BrN2O2/c1-7-4-10(15)14(11(16)5-7)9-3-2-8(12)6-13-9/h2-4,6H,5H2,1H3. The number of nitrogens with zero attached hydrogens (tertiary/aromatic N) is 2. The van der Waals surface area contributed by atoms with Gasteiger partial charge in [0.25, 0.3) is 5.91 Å². The molecule has 4 nitrogen and oxygen atoms in total. The fourth-order valence-corrected chi connectivity index (χ4v) is 1.74. The average Bonchev–Trinajstić information content (AvgIpc) is 2.19. The van der Waals surface area contributed by atoms with Crippen LogP contribution >= 0.6 is 15.9 Å². The summed E-state index contributed by atoms with van der Waals surface area (Å²) < 4.78 is 0.805. The topological polar surface area (TPSA) is 50.3 Å². The maximum absolute atomic E-state index is 11.7. The summed E-state index contributed by atoms with van der Waals surface area (Å²) in [6, 6.07) is 3.38. The van der Waals surface area contributed by atoms with Crippen molar-refractivity contribution >= 4 is 33.6 Å². The second-order valence-corrected chi connectivity index (χ2v) is 4.49. The molecule has 1 aromatic heterocycles. The molecule has 0 N–H and O–H groups in total. The predicted molar refractivity (Wildman–Crippen MR) is 62.8 cm³/mol. The zero-order chi connectivity index (χ0) is 11.7. The number of aromatic nitrogens is 1. The molecule has 0 aromatic carbocycles. The van der Waals surface area contributed by atoms with E-state index in [1.807, 2.05) is 0 Å². The quantitative estimate of drug-likeness (QED) is 0.740. The summed E-state index contributed by atoms with van der Waals surface area (Å²) >= 11 is 3.25. The second-order valence-electron chi connectivity index (χ2n) is 3.57. The van der Waals surface area contributed by atoms with Crippen LogP contribution in [0.5, 0.6) is 0 Å². The van der Waals surface area contributed by atoms with E-state index in [0.29, 0.717) is 5.82 Å². The van der Waals surface area contributed by atoms with Crippen molar-refractivity contribution < 1.29 is 9.59 Å². The highest BCUT2D eigenvalue weighted by molar-refractivity contribution is 9.10. The van der Waals surface area contributed by atoms with Crippen LogP contribution in [0.25, 0.3) is 0 Å². The van der Waals surface area contributed by atoms with E-state index in [9.17, 15) is 9.59 Å². The first kappa shape index (κ1) is 11.0. The van der Waals surface area contributed by atoms with Crippen LogP contribution in [-0.4, -0.2) is 16.8 Å². The molecule has 0 atom stereocenters. The van der Waals surface area contributed by atoms with E-state index in [1.165, 1.54) is 6.08 Å². The number of carbonyl (C=O) groups excluding carboxylic acids is 2. The molecular weight excluding hydrogens is 272 g/mol. The van der Waals surface area contributed by atoms with E-state index in [2.05, 4.69) is 20.9 Å². The molecule has 0 bridgehead atoms. The van der Waals surface area contributed by atoms with Crippen molar-refractivity contribution in [3.05, 3.63) is 34.5 Å². The van der Waals surface area contributed by atoms with Gasteiger partial charge < -0.3 is 0 Å². The predicted octanol–water partition coefficient (Wildman–Crippen LogP) is 2.05. The first-order valence-electron chi connectivity index (χ1n) is 4.73. The van der Waals surface area contributed by atoms with Crippen LogP contribution < -0.4 is 4.90 Å². The Kier molecular flexibility index (Phi) is 2.87. The molecular formula is C11H9BrN2O2. The van der Waals surface area contributed by atoms with Crippen molar-refractivity contribution in [3.8, 4) is 0 Å². The van der Waals surface area contributed by atoms with E-state index in [0.717, 1.165) is 14.9 Å². The molecule has 2 rings (SSSR count). The van der Waals surface area contributed by atoms with E-state index in [1.54, 1.807) is 25.3 Å². The third-order valence-corrected chi connectivity index (χ3v) is 2.68. The molecule has 0 fully saturated rings. The second kappa shape index (κ2) is 4.17. The van der Waals surface area contributed by atoms with Crippen molar-refractivity contribution in [1.82, 2.24) is 4.98 Å². The van der Waals surface area contributed by atoms with Gasteiger partial charge >= 0.3 is 0 Å². The van der Waals surface area contributed by atoms with E-state index in [4.69, 9.17) is 0 Å². The van der Waals surface area contributed by atoms with E-state index < -0.39 is 0 Å². The van der Waals surface area contributed by atoms with Gasteiger partial charge in [-0.2, -0.15) is 0 Å². The number of hydrogen-bond acceptors (Lipinski definition) is 3. The maximum Gasteiger partial charge on any atom is 0.258 e. The number of hydrogen-bond donors (Lipinski definition) is 0. The van der Waals surface area contributed by atoms with Crippen molar-refractivity contribution in [2.24, 2.45) is 0 Å². The van der Waals surface area contributed by atoms with Gasteiger partial charge in [0.05, 0.1) is 0 Å². The number of pyridine rings is 1. The van der Waals surface area contributed by atoms with Gasteiger partial charge in [-0.05, 0) is 35.0 Å². The summed E-state index contributed by atoms with van der Waals surface area (Å²) in [5.41, 5.74) is 0.781. The number of amides is 2. The van der Waals surface area contributed by atoms with Crippen LogP contribution in [0, 0.1) is 0 Å². The molecule has 5 heteroatoms. The Morgan fingerprint density at radius 2 is 2.12 bits per heavy atom. The number of carbonyl (C=O) groups is 2. The third-order valence-electron chi connectivity index (χ3n) is 2.21. The lowest BCUT2D eigenvalue weighted by molar-refractivity contribution is -0.124. The van der Waals surface area contributed by atoms with Gasteiger partial charge in [-0.3, -0.25) is 9.59 Å². The maximum atomic E-state index is 11.7. The number of rotatable bonds is 1. The highest BCUT2D eigenvalue weighted by Gasteiger charge is 2.27. The Hall–Kier alpha value is -1.49. The molecule has 2 heterocycles. The highest BCUT2D eigenvalue weighted by Crippen LogP contribution is 2.20. The van der Waals surface area contributed by atoms with Gasteiger partial charge in [-0.1, -0.05) is 5.57 Å². The van der Waals surface area contributed by atoms with Crippen LogP contribution in [0.15, 0.2) is 34.5 Å². The van der Waals surface area contributed by atoms with Gasteiger partial charge in [0.15, 0.2) is 0 Å². The molecule has 82 valence electrons. The largest absolute Gasteiger partial charge is 0.274 e. The Morgan fingerprint density at radius 3 is 2.69 bits per heavy atom. The summed E-state index contributed by atoms with van der Waals surface area (Å²) in [5, 5.41) is 0. The summed E-state index contributed by atoms with van der Waals surface area (Å²) in [4.78, 5) is 28.5. The summed E-state index contributed by atoms with van der Waals surface area (Å²) in [6.07, 6.45) is 3.29. The Labute approximate surface area is 101 Å². The Bertz CT molecular complexity index is 479. The van der Waals surface area contributed by atoms with Crippen LogP contribution in [0.3, 0.4) is 0 Å².